The van der Waals surface area contributed by atoms with Gasteiger partial charge in [-0.2, -0.15) is 32.2 Å². The first-order valence-corrected chi connectivity index (χ1v) is 13.1. The first kappa shape index (κ1) is 31.1. The van der Waals surface area contributed by atoms with E-state index >= 15 is 0 Å². The van der Waals surface area contributed by atoms with Gasteiger partial charge >= 0.3 is 17.1 Å². The van der Waals surface area contributed by atoms with Crippen LogP contribution >= 0.6 is 21.0 Å². The minimum Gasteiger partial charge on any atom is -0.530 e. The summed E-state index contributed by atoms with van der Waals surface area (Å²) >= 11 is 0. The summed E-state index contributed by atoms with van der Waals surface area (Å²) in [5, 5.41) is 24.8. The molecule has 13 heteroatoms. The number of rotatable bonds is 8. The Kier molecular flexibility index (Phi) is 11.8. The predicted molar refractivity (Wildman–Crippen MR) is 144 cm³/mol. The van der Waals surface area contributed by atoms with E-state index in [-0.39, 0.29) is 28.4 Å². The van der Waals surface area contributed by atoms with E-state index in [1.165, 1.54) is 36.4 Å². The van der Waals surface area contributed by atoms with Crippen LogP contribution in [-0.2, 0) is 36.2 Å². The summed E-state index contributed by atoms with van der Waals surface area (Å²) in [6.07, 6.45) is 12.3. The Balaban J connectivity index is 0.000000267. The summed E-state index contributed by atoms with van der Waals surface area (Å²) in [5.41, 5.74) is 5.82. The molecule has 0 N–H and O–H groups in total. The second-order valence-corrected chi connectivity index (χ2v) is 10.2. The summed E-state index contributed by atoms with van der Waals surface area (Å²) in [6, 6.07) is 8.15. The van der Waals surface area contributed by atoms with Gasteiger partial charge in [-0.25, -0.2) is 9.59 Å². The largest absolute Gasteiger partial charge is 2.00 e. The van der Waals surface area contributed by atoms with Crippen molar-refractivity contribution in [2.45, 2.75) is 22.6 Å². The van der Waals surface area contributed by atoms with Crippen LogP contribution in [0.1, 0.15) is 24.0 Å². The molecule has 0 aliphatic heterocycles. The van der Waals surface area contributed by atoms with Crippen LogP contribution in [0.4, 0.5) is 11.4 Å². The molecule has 0 saturated carbocycles. The summed E-state index contributed by atoms with van der Waals surface area (Å²) < 4.78 is 0. The van der Waals surface area contributed by atoms with Gasteiger partial charge in [-0.1, -0.05) is 36.5 Å². The molecule has 2 unspecified atom stereocenters. The quantitative estimate of drug-likeness (QED) is 0.128. The predicted octanol–water partition coefficient (Wildman–Crippen LogP) is 5.40. The zero-order chi connectivity index (χ0) is 27.7. The van der Waals surface area contributed by atoms with E-state index in [0.717, 1.165) is 11.1 Å². The number of carbonyl (C=O) groups excluding carboxylic acids is 4. The third-order valence-corrected chi connectivity index (χ3v) is 7.61. The molecule has 2 aliphatic carbocycles. The first-order chi connectivity index (χ1) is 18.3. The average molecular weight is 604 g/mol. The van der Waals surface area contributed by atoms with Crippen molar-refractivity contribution in [3.63, 3.8) is 0 Å². The van der Waals surface area contributed by atoms with E-state index in [2.05, 4.69) is 0 Å². The van der Waals surface area contributed by atoms with Crippen molar-refractivity contribution in [1.29, 1.82) is 0 Å². The van der Waals surface area contributed by atoms with Gasteiger partial charge in [0, 0.05) is 24.3 Å². The van der Waals surface area contributed by atoms with Gasteiger partial charge in [-0.05, 0) is 57.0 Å². The van der Waals surface area contributed by atoms with Gasteiger partial charge in [0.15, 0.2) is 0 Å². The molecular weight excluding hydrogens is 588 g/mol. The van der Waals surface area contributed by atoms with Crippen molar-refractivity contribution in [1.82, 2.24) is 0 Å². The van der Waals surface area contributed by atoms with Gasteiger partial charge in [-0.15, -0.1) is 0 Å². The average Bonchev–Trinajstić information content (AvgIpc) is 3.66. The molecule has 0 amide bonds. The molecule has 0 heterocycles. The summed E-state index contributed by atoms with van der Waals surface area (Å²) in [6.45, 7) is 0. The summed E-state index contributed by atoms with van der Waals surface area (Å²) in [5.74, 6) is 0. The number of hydrogen-bond acceptors (Lipinski definition) is 8. The third-order valence-electron chi connectivity index (χ3n) is 5.36. The Bertz CT molecular complexity index is 1460. The molecule has 0 bridgehead atoms. The minimum atomic E-state index is -1.43. The Hall–Kier alpha value is -4.08. The molecule has 39 heavy (non-hydrogen) atoms. The van der Waals surface area contributed by atoms with Crippen LogP contribution < -0.4 is 0 Å². The molecule has 2 atom stereocenters. The molecule has 4 rings (SSSR count). The van der Waals surface area contributed by atoms with Crippen molar-refractivity contribution in [2.24, 2.45) is 0 Å². The maximum absolute atomic E-state index is 10.8. The number of nitrogens with zero attached hydrogens (tertiary/aromatic N) is 2. The molecule has 198 valence electrons. The number of nitro benzene ring substituents is 2. The van der Waals surface area contributed by atoms with E-state index < -0.39 is 30.8 Å². The first-order valence-electron chi connectivity index (χ1n) is 10.6. The van der Waals surface area contributed by atoms with E-state index in [1.807, 2.05) is 24.3 Å². The third kappa shape index (κ3) is 7.49. The molecule has 0 aromatic heterocycles. The van der Waals surface area contributed by atoms with Gasteiger partial charge in [-0.3, -0.25) is 20.2 Å². The molecular formula is C26H16FeN2O8S2. The van der Waals surface area contributed by atoms with Gasteiger partial charge in [0.05, 0.1) is 9.85 Å². The second-order valence-electron chi connectivity index (χ2n) is 7.47. The molecule has 0 radical (unpaired) electrons. The molecule has 0 spiro atoms. The molecule has 2 aromatic rings. The topological polar surface area (TPSA) is 155 Å². The molecule has 2 aromatic carbocycles. The smallest absolute Gasteiger partial charge is 0.530 e. The van der Waals surface area contributed by atoms with Gasteiger partial charge < -0.3 is 9.59 Å². The number of allylic oxidation sites excluding steroid dienone is 8. The van der Waals surface area contributed by atoms with E-state index in [0.29, 0.717) is 33.8 Å². The van der Waals surface area contributed by atoms with Crippen molar-refractivity contribution in [2.75, 3.05) is 0 Å². The zero-order valence-electron chi connectivity index (χ0n) is 19.7. The molecule has 10 nitrogen and oxygen atoms in total. The number of nitro groups is 2. The summed E-state index contributed by atoms with van der Waals surface area (Å²) in [7, 11) is -2.87. The van der Waals surface area contributed by atoms with Crippen LogP contribution in [-0.4, -0.2) is 31.5 Å². The fraction of sp³-hybridized carbons (Fsp3) is 0.0769. The SMILES string of the molecule is O=C=S([C-]=O)c1ccc([N+](=O)[O-])cc1C1=CC=CC1.O=C=S([C-]=O)c1ccc([N+](=O)[O-])cc1C1=CC=CC1.[Fe+2]. The Morgan fingerprint density at radius 3 is 1.36 bits per heavy atom. The van der Waals surface area contributed by atoms with Gasteiger partial charge in [0.1, 0.15) is 10.5 Å². The number of hydrogen-bond donors (Lipinski definition) is 0. The monoisotopic (exact) mass is 604 g/mol. The maximum Gasteiger partial charge on any atom is 2.00 e. The van der Waals surface area contributed by atoms with Crippen molar-refractivity contribution < 1.29 is 46.1 Å². The number of non-ortho nitro benzene ring substituents is 2. The van der Waals surface area contributed by atoms with Crippen LogP contribution in [0.15, 0.2) is 82.6 Å². The van der Waals surface area contributed by atoms with Crippen molar-refractivity contribution in [3.8, 4) is 0 Å². The molecule has 0 saturated heterocycles. The standard InChI is InChI=1S/2C13H8NO4S.Fe/c2*15-8-19(9-16)13-6-5-11(14(17)18)7-12(13)10-3-1-2-4-10;/h2*1-3,5-7H,4H2;/q2*-1;+2. The van der Waals surface area contributed by atoms with Crippen LogP contribution in [0, 0.1) is 20.2 Å². The van der Waals surface area contributed by atoms with Gasteiger partial charge in [0.2, 0.25) is 0 Å². The fourth-order valence-electron chi connectivity index (χ4n) is 3.63. The second kappa shape index (κ2) is 14.8. The number of benzene rings is 2. The molecule has 0 fully saturated rings. The normalized spacial score (nSPS) is 14.3. The van der Waals surface area contributed by atoms with Crippen LogP contribution in [0.25, 0.3) is 11.1 Å². The van der Waals surface area contributed by atoms with Crippen LogP contribution in [0.2, 0.25) is 0 Å². The van der Waals surface area contributed by atoms with Crippen molar-refractivity contribution >= 4 is 65.2 Å². The Morgan fingerprint density at radius 2 is 1.10 bits per heavy atom. The zero-order valence-corrected chi connectivity index (χ0v) is 22.4. The Labute approximate surface area is 237 Å². The van der Waals surface area contributed by atoms with Gasteiger partial charge in [0.25, 0.3) is 11.4 Å². The van der Waals surface area contributed by atoms with Crippen molar-refractivity contribution in [3.05, 3.63) is 104 Å². The molecule has 2 aliphatic rings. The van der Waals surface area contributed by atoms with E-state index in [4.69, 9.17) is 0 Å². The van der Waals surface area contributed by atoms with E-state index in [1.54, 1.807) is 33.9 Å². The Morgan fingerprint density at radius 1 is 0.718 bits per heavy atom. The minimum absolute atomic E-state index is 0. The summed E-state index contributed by atoms with van der Waals surface area (Å²) in [4.78, 5) is 64.5. The fourth-order valence-corrected chi connectivity index (χ4v) is 5.28. The van der Waals surface area contributed by atoms with Crippen LogP contribution in [0.5, 0.6) is 0 Å². The van der Waals surface area contributed by atoms with Crippen LogP contribution in [0.3, 0.4) is 0 Å². The van der Waals surface area contributed by atoms with E-state index in [9.17, 15) is 39.4 Å². The maximum atomic E-state index is 10.8.